The predicted molar refractivity (Wildman–Crippen MR) is 61.3 cm³/mol. The lowest BCUT2D eigenvalue weighted by Crippen LogP contribution is -2.15. The van der Waals surface area contributed by atoms with Gasteiger partial charge in [-0.15, -0.1) is 6.58 Å². The van der Waals surface area contributed by atoms with Gasteiger partial charge in [0.2, 0.25) is 0 Å². The number of carbonyl (C=O) groups excluding carboxylic acids is 1. The van der Waals surface area contributed by atoms with Crippen LogP contribution in [-0.2, 0) is 9.59 Å². The smallest absolute Gasteiger partial charge is 0.311 e. The van der Waals surface area contributed by atoms with Gasteiger partial charge in [-0.05, 0) is 5.56 Å². The molecule has 0 aromatic heterocycles. The zero-order valence-corrected chi connectivity index (χ0v) is 8.93. The molecule has 1 rings (SSSR count). The number of aliphatic carboxylic acids is 1. The molecule has 0 aliphatic carbocycles. The Hall–Kier alpha value is -1.90. The Kier molecular flexibility index (Phi) is 4.45. The number of benzene rings is 1. The third-order valence-electron chi connectivity index (χ3n) is 2.30. The molecule has 3 nitrogen and oxygen atoms in total. The molecule has 1 aromatic carbocycles. The first-order valence-corrected chi connectivity index (χ1v) is 5.05. The Balaban J connectivity index is 2.80. The minimum atomic E-state index is -0.969. The van der Waals surface area contributed by atoms with Crippen LogP contribution in [-0.4, -0.2) is 16.9 Å². The first-order valence-electron chi connectivity index (χ1n) is 5.05. The SMILES string of the molecule is C=CCC(=O)C[C@H](C(=O)O)c1ccccc1. The summed E-state index contributed by atoms with van der Waals surface area (Å²) in [6.45, 7) is 3.46. The van der Waals surface area contributed by atoms with Crippen LogP contribution in [0.2, 0.25) is 0 Å². The Morgan fingerprint density at radius 2 is 1.94 bits per heavy atom. The van der Waals surface area contributed by atoms with Crippen LogP contribution in [0.1, 0.15) is 24.3 Å². The molecular formula is C13H14O3. The molecule has 0 aliphatic heterocycles. The fourth-order valence-corrected chi connectivity index (χ4v) is 1.51. The predicted octanol–water partition coefficient (Wildman–Crippen LogP) is 2.39. The monoisotopic (exact) mass is 218 g/mol. The van der Waals surface area contributed by atoms with E-state index >= 15 is 0 Å². The van der Waals surface area contributed by atoms with E-state index in [1.165, 1.54) is 6.08 Å². The summed E-state index contributed by atoms with van der Waals surface area (Å²) in [6.07, 6.45) is 1.73. The number of carbonyl (C=O) groups is 2. The van der Waals surface area contributed by atoms with E-state index in [0.717, 1.165) is 0 Å². The van der Waals surface area contributed by atoms with Gasteiger partial charge in [-0.3, -0.25) is 9.59 Å². The van der Waals surface area contributed by atoms with Gasteiger partial charge in [-0.1, -0.05) is 36.4 Å². The van der Waals surface area contributed by atoms with Crippen LogP contribution in [0.25, 0.3) is 0 Å². The summed E-state index contributed by atoms with van der Waals surface area (Å²) in [5.74, 6) is -1.83. The van der Waals surface area contributed by atoms with E-state index < -0.39 is 11.9 Å². The van der Waals surface area contributed by atoms with Crippen molar-refractivity contribution in [2.45, 2.75) is 18.8 Å². The van der Waals surface area contributed by atoms with Crippen molar-refractivity contribution in [3.05, 3.63) is 48.6 Å². The van der Waals surface area contributed by atoms with E-state index in [-0.39, 0.29) is 18.6 Å². The van der Waals surface area contributed by atoms with Crippen LogP contribution in [0.3, 0.4) is 0 Å². The molecule has 0 saturated carbocycles. The highest BCUT2D eigenvalue weighted by atomic mass is 16.4. The topological polar surface area (TPSA) is 54.4 Å². The van der Waals surface area contributed by atoms with Crippen molar-refractivity contribution < 1.29 is 14.7 Å². The second-order valence-corrected chi connectivity index (χ2v) is 3.54. The first-order chi connectivity index (χ1) is 7.65. The molecule has 84 valence electrons. The van der Waals surface area contributed by atoms with E-state index in [9.17, 15) is 9.59 Å². The third kappa shape index (κ3) is 3.35. The molecule has 3 heteroatoms. The van der Waals surface area contributed by atoms with Crippen molar-refractivity contribution >= 4 is 11.8 Å². The summed E-state index contributed by atoms with van der Waals surface area (Å²) < 4.78 is 0. The maximum atomic E-state index is 11.4. The number of ketones is 1. The van der Waals surface area contributed by atoms with Crippen LogP contribution >= 0.6 is 0 Å². The Morgan fingerprint density at radius 3 is 2.44 bits per heavy atom. The summed E-state index contributed by atoms with van der Waals surface area (Å²) in [5, 5.41) is 9.07. The molecular weight excluding hydrogens is 204 g/mol. The fourth-order valence-electron chi connectivity index (χ4n) is 1.51. The Labute approximate surface area is 94.4 Å². The lowest BCUT2D eigenvalue weighted by atomic mass is 9.93. The number of rotatable bonds is 6. The van der Waals surface area contributed by atoms with Gasteiger partial charge in [-0.25, -0.2) is 0 Å². The molecule has 0 spiro atoms. The molecule has 1 aromatic rings. The van der Waals surface area contributed by atoms with E-state index in [2.05, 4.69) is 6.58 Å². The third-order valence-corrected chi connectivity index (χ3v) is 2.30. The number of hydrogen-bond acceptors (Lipinski definition) is 2. The maximum Gasteiger partial charge on any atom is 0.311 e. The average Bonchev–Trinajstić information content (AvgIpc) is 2.27. The van der Waals surface area contributed by atoms with Crippen LogP contribution in [0.4, 0.5) is 0 Å². The zero-order chi connectivity index (χ0) is 12.0. The maximum absolute atomic E-state index is 11.4. The van der Waals surface area contributed by atoms with Crippen molar-refractivity contribution in [2.75, 3.05) is 0 Å². The Bertz CT molecular complexity index is 381. The minimum Gasteiger partial charge on any atom is -0.481 e. The van der Waals surface area contributed by atoms with Crippen molar-refractivity contribution in [1.29, 1.82) is 0 Å². The van der Waals surface area contributed by atoms with E-state index in [0.29, 0.717) is 5.56 Å². The molecule has 0 saturated heterocycles. The van der Waals surface area contributed by atoms with Crippen LogP contribution in [0.15, 0.2) is 43.0 Å². The molecule has 0 aliphatic rings. The number of allylic oxidation sites excluding steroid dienone is 1. The zero-order valence-electron chi connectivity index (χ0n) is 8.93. The van der Waals surface area contributed by atoms with Crippen LogP contribution in [0, 0.1) is 0 Å². The van der Waals surface area contributed by atoms with Gasteiger partial charge in [0, 0.05) is 12.8 Å². The standard InChI is InChI=1S/C13H14O3/c1-2-6-11(14)9-12(13(15)16)10-7-4-3-5-8-10/h2-5,7-8,12H,1,6,9H2,(H,15,16)/t12-/m0/s1. The second kappa shape index (κ2) is 5.85. The van der Waals surface area contributed by atoms with Gasteiger partial charge < -0.3 is 5.11 Å². The van der Waals surface area contributed by atoms with Gasteiger partial charge in [0.15, 0.2) is 0 Å². The normalized spacial score (nSPS) is 11.8. The van der Waals surface area contributed by atoms with E-state index in [4.69, 9.17) is 5.11 Å². The summed E-state index contributed by atoms with van der Waals surface area (Å²) in [7, 11) is 0. The molecule has 0 radical (unpaired) electrons. The molecule has 0 unspecified atom stereocenters. The first kappa shape index (κ1) is 12.2. The summed E-state index contributed by atoms with van der Waals surface area (Å²) in [6, 6.07) is 8.79. The van der Waals surface area contributed by atoms with Gasteiger partial charge in [-0.2, -0.15) is 0 Å². The van der Waals surface area contributed by atoms with Gasteiger partial charge >= 0.3 is 5.97 Å². The molecule has 0 fully saturated rings. The van der Waals surface area contributed by atoms with Crippen molar-refractivity contribution in [3.63, 3.8) is 0 Å². The minimum absolute atomic E-state index is 0.0192. The second-order valence-electron chi connectivity index (χ2n) is 3.54. The van der Waals surface area contributed by atoms with Crippen molar-refractivity contribution in [3.8, 4) is 0 Å². The van der Waals surface area contributed by atoms with Crippen LogP contribution < -0.4 is 0 Å². The number of carboxylic acid groups (broad SMARTS) is 1. The van der Waals surface area contributed by atoms with Crippen molar-refractivity contribution in [2.24, 2.45) is 0 Å². The largest absolute Gasteiger partial charge is 0.481 e. The fraction of sp³-hybridized carbons (Fsp3) is 0.231. The highest BCUT2D eigenvalue weighted by Crippen LogP contribution is 2.20. The highest BCUT2D eigenvalue weighted by Gasteiger charge is 2.22. The molecule has 1 N–H and O–H groups in total. The molecule has 16 heavy (non-hydrogen) atoms. The van der Waals surface area contributed by atoms with Gasteiger partial charge in [0.05, 0.1) is 5.92 Å². The molecule has 1 atom stereocenters. The number of carboxylic acids is 1. The molecule has 0 bridgehead atoms. The number of Topliss-reactive ketones (excluding diaryl/α,β-unsaturated/α-hetero) is 1. The summed E-state index contributed by atoms with van der Waals surface area (Å²) in [5.41, 5.74) is 0.660. The van der Waals surface area contributed by atoms with Crippen LogP contribution in [0.5, 0.6) is 0 Å². The lowest BCUT2D eigenvalue weighted by Gasteiger charge is -2.11. The Morgan fingerprint density at radius 1 is 1.31 bits per heavy atom. The van der Waals surface area contributed by atoms with Gasteiger partial charge in [0.25, 0.3) is 0 Å². The quantitative estimate of drug-likeness (QED) is 0.746. The molecule has 0 heterocycles. The van der Waals surface area contributed by atoms with Gasteiger partial charge in [0.1, 0.15) is 5.78 Å². The van der Waals surface area contributed by atoms with E-state index in [1.807, 2.05) is 6.07 Å². The van der Waals surface area contributed by atoms with E-state index in [1.54, 1.807) is 24.3 Å². The lowest BCUT2D eigenvalue weighted by molar-refractivity contribution is -0.140. The van der Waals surface area contributed by atoms with Crippen molar-refractivity contribution in [1.82, 2.24) is 0 Å². The average molecular weight is 218 g/mol. The summed E-state index contributed by atoms with van der Waals surface area (Å²) in [4.78, 5) is 22.5. The molecule has 0 amide bonds. The highest BCUT2D eigenvalue weighted by molar-refractivity contribution is 5.87. The number of hydrogen-bond donors (Lipinski definition) is 1. The summed E-state index contributed by atoms with van der Waals surface area (Å²) >= 11 is 0.